The molecule has 0 saturated carbocycles. The van der Waals surface area contributed by atoms with Crippen LogP contribution in [0.1, 0.15) is 22.8 Å². The summed E-state index contributed by atoms with van der Waals surface area (Å²) in [5.74, 6) is -0.572. The molecule has 0 bridgehead atoms. The van der Waals surface area contributed by atoms with Crippen LogP contribution < -0.4 is 32.8 Å². The average Bonchev–Trinajstić information content (AvgIpc) is 3.24. The van der Waals surface area contributed by atoms with Crippen LogP contribution in [0.15, 0.2) is 65.7 Å². The van der Waals surface area contributed by atoms with E-state index in [0.717, 1.165) is 11.1 Å². The molecule has 0 aliphatic rings. The molecule has 0 saturated heterocycles. The fraction of sp³-hybridized carbons (Fsp3) is 0.475. The van der Waals surface area contributed by atoms with Crippen LogP contribution in [0.25, 0.3) is 22.3 Å². The number of hydrogen-bond donors (Lipinski definition) is 5. The van der Waals surface area contributed by atoms with E-state index in [1.54, 1.807) is 47.3 Å². The van der Waals surface area contributed by atoms with E-state index < -0.39 is 11.3 Å². The second kappa shape index (κ2) is 26.8. The number of nitrogens with one attached hydrogen (secondary N) is 3. The Hall–Kier alpha value is -5.05. The number of amides is 3. The highest BCUT2D eigenvalue weighted by Crippen LogP contribution is 2.24. The van der Waals surface area contributed by atoms with E-state index in [2.05, 4.69) is 20.9 Å². The molecule has 58 heavy (non-hydrogen) atoms. The summed E-state index contributed by atoms with van der Waals surface area (Å²) in [5.41, 5.74) is 14.3. The summed E-state index contributed by atoms with van der Waals surface area (Å²) < 4.78 is 39.7. The molecule has 3 amide bonds. The minimum atomic E-state index is -0.595. The van der Waals surface area contributed by atoms with Crippen LogP contribution in [0, 0.1) is 0 Å². The van der Waals surface area contributed by atoms with Crippen molar-refractivity contribution < 1.29 is 42.7 Å². The first-order chi connectivity index (χ1) is 28.4. The Balaban J connectivity index is 1.09. The first-order valence-corrected chi connectivity index (χ1v) is 19.3. The zero-order valence-corrected chi connectivity index (χ0v) is 33.1. The van der Waals surface area contributed by atoms with Gasteiger partial charge in [0.15, 0.2) is 0 Å². The van der Waals surface area contributed by atoms with Gasteiger partial charge in [-0.3, -0.25) is 14.6 Å². The van der Waals surface area contributed by atoms with Gasteiger partial charge >= 0.3 is 6.03 Å². The van der Waals surface area contributed by atoms with Crippen LogP contribution in [0.4, 0.5) is 16.3 Å². The molecular weight excluding hydrogens is 752 g/mol. The summed E-state index contributed by atoms with van der Waals surface area (Å²) in [6.07, 6.45) is 3.36. The summed E-state index contributed by atoms with van der Waals surface area (Å²) in [4.78, 5) is 47.8. The van der Waals surface area contributed by atoms with Gasteiger partial charge in [0.1, 0.15) is 17.0 Å². The second-order valence-electron chi connectivity index (χ2n) is 12.5. The second-order valence-corrected chi connectivity index (χ2v) is 12.5. The largest absolute Gasteiger partial charge is 0.384 e. The third-order valence-corrected chi connectivity index (χ3v) is 8.33. The number of nitrogen functional groups attached to an aromatic ring is 1. The molecule has 0 aliphatic heterocycles. The monoisotopic (exact) mass is 808 g/mol. The van der Waals surface area contributed by atoms with Crippen molar-refractivity contribution in [2.45, 2.75) is 20.0 Å². The molecular formula is C40H56N8O10. The number of ether oxygens (including phenoxy) is 7. The van der Waals surface area contributed by atoms with Gasteiger partial charge in [0.25, 0.3) is 5.91 Å². The molecule has 316 valence electrons. The highest BCUT2D eigenvalue weighted by atomic mass is 16.6. The predicted molar refractivity (Wildman–Crippen MR) is 219 cm³/mol. The number of anilines is 2. The van der Waals surface area contributed by atoms with Gasteiger partial charge < -0.3 is 65.1 Å². The van der Waals surface area contributed by atoms with Crippen molar-refractivity contribution in [3.05, 3.63) is 82.3 Å². The van der Waals surface area contributed by atoms with Gasteiger partial charge in [-0.15, -0.1) is 0 Å². The highest BCUT2D eigenvalue weighted by Gasteiger charge is 2.21. The molecule has 1 aromatic carbocycles. The molecule has 18 heteroatoms. The van der Waals surface area contributed by atoms with Gasteiger partial charge in [0.2, 0.25) is 5.43 Å². The highest BCUT2D eigenvalue weighted by molar-refractivity contribution is 6.01. The Kier molecular flexibility index (Phi) is 21.1. The van der Waals surface area contributed by atoms with E-state index in [1.165, 1.54) is 0 Å². The van der Waals surface area contributed by atoms with E-state index in [9.17, 15) is 14.4 Å². The van der Waals surface area contributed by atoms with E-state index in [4.69, 9.17) is 49.6 Å². The Morgan fingerprint density at radius 1 is 0.724 bits per heavy atom. The molecule has 0 atom stereocenters. The zero-order valence-electron chi connectivity index (χ0n) is 33.1. The molecule has 0 fully saturated rings. The standard InChI is InChI=1S/C40H56N8O10/c1-2-48-37(42)35(39(50)44-13-15-53-17-19-55-21-23-57-25-27-58-26-24-56-22-20-54-18-16-52-14-11-41)36(49)33-9-10-34(47-38(33)48)31-5-7-32(8-6-31)46-40(51)45-29-30-4-3-12-43-28-30/h3-10,12,28H,2,11,13-27,29,41-42H2,1H3,(H,44,50)(H2,45,46,51). The first kappa shape index (κ1) is 45.6. The lowest BCUT2D eigenvalue weighted by Gasteiger charge is -2.16. The van der Waals surface area contributed by atoms with Crippen LogP contribution >= 0.6 is 0 Å². The van der Waals surface area contributed by atoms with Gasteiger partial charge in [-0.2, -0.15) is 0 Å². The average molecular weight is 809 g/mol. The van der Waals surface area contributed by atoms with Crippen LogP contribution in [-0.4, -0.2) is 132 Å². The van der Waals surface area contributed by atoms with Gasteiger partial charge in [-0.25, -0.2) is 9.78 Å². The van der Waals surface area contributed by atoms with E-state index in [1.807, 2.05) is 25.1 Å². The summed E-state index contributed by atoms with van der Waals surface area (Å²) in [6.45, 7) is 9.38. The number of fused-ring (bicyclic) bond motifs is 1. The lowest BCUT2D eigenvalue weighted by molar-refractivity contribution is -0.0201. The minimum absolute atomic E-state index is 0.0227. The van der Waals surface area contributed by atoms with Crippen molar-refractivity contribution in [3.63, 3.8) is 0 Å². The number of carbonyl (C=O) groups is 2. The maximum absolute atomic E-state index is 13.5. The van der Waals surface area contributed by atoms with E-state index in [0.29, 0.717) is 123 Å². The number of nitrogens with two attached hydrogens (primary N) is 2. The molecule has 4 rings (SSSR count). The molecule has 0 unspecified atom stereocenters. The summed E-state index contributed by atoms with van der Waals surface area (Å²) in [6, 6.07) is 13.8. The van der Waals surface area contributed by atoms with Gasteiger partial charge in [0.05, 0.1) is 104 Å². The number of aryl methyl sites for hydroxylation is 1. The summed E-state index contributed by atoms with van der Waals surface area (Å²) in [7, 11) is 0. The fourth-order valence-corrected chi connectivity index (χ4v) is 5.45. The fourth-order valence-electron chi connectivity index (χ4n) is 5.45. The number of nitrogens with zero attached hydrogens (tertiary/aromatic N) is 3. The number of benzene rings is 1. The SMILES string of the molecule is CCn1c(N)c(C(=O)NCCOCCOCCOCCOCCOCCOCCOCCN)c(=O)c2ccc(-c3ccc(NC(=O)NCc4cccnc4)cc3)nc21. The van der Waals surface area contributed by atoms with Crippen molar-refractivity contribution >= 4 is 34.5 Å². The van der Waals surface area contributed by atoms with Crippen LogP contribution in [0.2, 0.25) is 0 Å². The number of pyridine rings is 3. The Bertz CT molecular complexity index is 1870. The maximum Gasteiger partial charge on any atom is 0.319 e. The topological polar surface area (TPSA) is 235 Å². The quantitative estimate of drug-likeness (QED) is 0.0495. The normalized spacial score (nSPS) is 11.2. The van der Waals surface area contributed by atoms with Gasteiger partial charge in [-0.05, 0) is 42.8 Å². The lowest BCUT2D eigenvalue weighted by atomic mass is 10.1. The third-order valence-electron chi connectivity index (χ3n) is 8.33. The van der Waals surface area contributed by atoms with Crippen molar-refractivity contribution in [2.24, 2.45) is 5.73 Å². The Morgan fingerprint density at radius 2 is 1.29 bits per heavy atom. The zero-order chi connectivity index (χ0) is 41.2. The predicted octanol–water partition coefficient (Wildman–Crippen LogP) is 2.19. The van der Waals surface area contributed by atoms with Crippen LogP contribution in [-0.2, 0) is 46.2 Å². The Morgan fingerprint density at radius 3 is 1.83 bits per heavy atom. The molecule has 0 radical (unpaired) electrons. The number of rotatable bonds is 29. The molecule has 0 aliphatic carbocycles. The number of hydrogen-bond acceptors (Lipinski definition) is 14. The number of carbonyl (C=O) groups excluding carboxylic acids is 2. The minimum Gasteiger partial charge on any atom is -0.384 e. The van der Waals surface area contributed by atoms with Crippen molar-refractivity contribution in [2.75, 3.05) is 117 Å². The van der Waals surface area contributed by atoms with Gasteiger partial charge in [-0.1, -0.05) is 18.2 Å². The molecule has 18 nitrogen and oxygen atoms in total. The smallest absolute Gasteiger partial charge is 0.319 e. The Labute approximate surface area is 337 Å². The molecule has 3 aromatic heterocycles. The molecule has 3 heterocycles. The summed E-state index contributed by atoms with van der Waals surface area (Å²) >= 11 is 0. The summed E-state index contributed by atoms with van der Waals surface area (Å²) in [5, 5.41) is 8.58. The maximum atomic E-state index is 13.5. The molecule has 0 spiro atoms. The van der Waals surface area contributed by atoms with Crippen LogP contribution in [0.3, 0.4) is 0 Å². The first-order valence-electron chi connectivity index (χ1n) is 19.3. The van der Waals surface area contributed by atoms with E-state index >= 15 is 0 Å². The van der Waals surface area contributed by atoms with Crippen LogP contribution in [0.5, 0.6) is 0 Å². The number of urea groups is 1. The van der Waals surface area contributed by atoms with Crippen molar-refractivity contribution in [1.29, 1.82) is 0 Å². The third kappa shape index (κ3) is 15.7. The van der Waals surface area contributed by atoms with Crippen molar-refractivity contribution in [1.82, 2.24) is 25.2 Å². The van der Waals surface area contributed by atoms with Gasteiger partial charge in [0, 0.05) is 49.8 Å². The number of aromatic nitrogens is 3. The molecule has 4 aromatic rings. The van der Waals surface area contributed by atoms with E-state index in [-0.39, 0.29) is 36.0 Å². The molecule has 7 N–H and O–H groups in total. The van der Waals surface area contributed by atoms with Crippen molar-refractivity contribution in [3.8, 4) is 11.3 Å². The lowest BCUT2D eigenvalue weighted by Crippen LogP contribution is -2.34.